The Hall–Kier alpha value is -0.120. The Labute approximate surface area is 85.5 Å². The van der Waals surface area contributed by atoms with Crippen LogP contribution in [0.1, 0.15) is 19.3 Å². The van der Waals surface area contributed by atoms with E-state index in [1.165, 1.54) is 25.9 Å². The van der Waals surface area contributed by atoms with Gasteiger partial charge in [0.2, 0.25) is 0 Å². The zero-order chi connectivity index (χ0) is 9.54. The SMILES string of the molecule is O[C@@H]1CCN([C@@H]2CC[C@@H]3CNC[C@@H]32)C1. The average Bonchev–Trinajstić information content (AvgIpc) is 2.77. The zero-order valence-electron chi connectivity index (χ0n) is 8.65. The Kier molecular flexibility index (Phi) is 2.26. The number of β-amino-alcohol motifs (C(OH)–C–C–N with tert-alkyl or cyclic N) is 1. The summed E-state index contributed by atoms with van der Waals surface area (Å²) < 4.78 is 0. The second kappa shape index (κ2) is 3.47. The molecule has 0 aromatic carbocycles. The lowest BCUT2D eigenvalue weighted by atomic mass is 9.97. The number of rotatable bonds is 1. The lowest BCUT2D eigenvalue weighted by Gasteiger charge is -2.28. The molecule has 3 fully saturated rings. The summed E-state index contributed by atoms with van der Waals surface area (Å²) in [5, 5.41) is 13.0. The van der Waals surface area contributed by atoms with Gasteiger partial charge in [0, 0.05) is 19.1 Å². The highest BCUT2D eigenvalue weighted by molar-refractivity contribution is 4.98. The number of aliphatic hydroxyl groups is 1. The van der Waals surface area contributed by atoms with Crippen LogP contribution >= 0.6 is 0 Å². The third-order valence-corrected chi connectivity index (χ3v) is 4.38. The van der Waals surface area contributed by atoms with Gasteiger partial charge in [0.1, 0.15) is 0 Å². The van der Waals surface area contributed by atoms with Crippen molar-refractivity contribution in [3.05, 3.63) is 0 Å². The van der Waals surface area contributed by atoms with E-state index in [4.69, 9.17) is 0 Å². The van der Waals surface area contributed by atoms with Gasteiger partial charge in [-0.2, -0.15) is 0 Å². The second-order valence-corrected chi connectivity index (χ2v) is 5.16. The van der Waals surface area contributed by atoms with E-state index in [-0.39, 0.29) is 6.10 Å². The normalized spacial score (nSPS) is 48.6. The molecule has 3 nitrogen and oxygen atoms in total. The van der Waals surface area contributed by atoms with Crippen LogP contribution in [-0.4, -0.2) is 48.3 Å². The van der Waals surface area contributed by atoms with Crippen molar-refractivity contribution in [1.29, 1.82) is 0 Å². The summed E-state index contributed by atoms with van der Waals surface area (Å²) >= 11 is 0. The van der Waals surface area contributed by atoms with Crippen molar-refractivity contribution in [3.8, 4) is 0 Å². The minimum atomic E-state index is -0.0524. The summed E-state index contributed by atoms with van der Waals surface area (Å²) in [6.45, 7) is 4.49. The van der Waals surface area contributed by atoms with Crippen molar-refractivity contribution < 1.29 is 5.11 Å². The molecule has 0 unspecified atom stereocenters. The van der Waals surface area contributed by atoms with E-state index in [2.05, 4.69) is 10.2 Å². The Morgan fingerprint density at radius 1 is 1.14 bits per heavy atom. The summed E-state index contributed by atoms with van der Waals surface area (Å²) in [5.41, 5.74) is 0. The van der Waals surface area contributed by atoms with Gasteiger partial charge in [-0.15, -0.1) is 0 Å². The fraction of sp³-hybridized carbons (Fsp3) is 1.00. The van der Waals surface area contributed by atoms with Gasteiger partial charge in [-0.1, -0.05) is 0 Å². The molecule has 0 aromatic heterocycles. The van der Waals surface area contributed by atoms with Gasteiger partial charge < -0.3 is 10.4 Å². The summed E-state index contributed by atoms with van der Waals surface area (Å²) in [5.74, 6) is 1.80. The van der Waals surface area contributed by atoms with E-state index in [9.17, 15) is 5.11 Å². The van der Waals surface area contributed by atoms with E-state index < -0.39 is 0 Å². The van der Waals surface area contributed by atoms with Gasteiger partial charge in [-0.3, -0.25) is 4.90 Å². The maximum Gasteiger partial charge on any atom is 0.0679 e. The van der Waals surface area contributed by atoms with Gasteiger partial charge >= 0.3 is 0 Å². The van der Waals surface area contributed by atoms with Gasteiger partial charge in [-0.05, 0) is 44.2 Å². The van der Waals surface area contributed by atoms with Crippen LogP contribution in [0, 0.1) is 11.8 Å². The number of nitrogens with one attached hydrogen (secondary N) is 1. The largest absolute Gasteiger partial charge is 0.392 e. The minimum absolute atomic E-state index is 0.0524. The minimum Gasteiger partial charge on any atom is -0.392 e. The first kappa shape index (κ1) is 9.13. The lowest BCUT2D eigenvalue weighted by Crippen LogP contribution is -2.38. The molecule has 0 amide bonds. The molecule has 3 aliphatic rings. The van der Waals surface area contributed by atoms with Crippen LogP contribution in [0.3, 0.4) is 0 Å². The third kappa shape index (κ3) is 1.38. The first-order valence-electron chi connectivity index (χ1n) is 5.97. The predicted molar refractivity (Wildman–Crippen MR) is 55.1 cm³/mol. The van der Waals surface area contributed by atoms with Crippen molar-refractivity contribution >= 4 is 0 Å². The molecule has 3 rings (SSSR count). The molecule has 3 heteroatoms. The molecule has 80 valence electrons. The van der Waals surface area contributed by atoms with Crippen LogP contribution in [0.2, 0.25) is 0 Å². The molecule has 2 aliphatic heterocycles. The van der Waals surface area contributed by atoms with Crippen molar-refractivity contribution in [3.63, 3.8) is 0 Å². The highest BCUT2D eigenvalue weighted by Crippen LogP contribution is 2.38. The number of nitrogens with zero attached hydrogens (tertiary/aromatic N) is 1. The maximum absolute atomic E-state index is 9.54. The standard InChI is InChI=1S/C11H20N2O/c14-9-3-4-13(7-9)11-2-1-8-5-12-6-10(8)11/h8-12,14H,1-7H2/t8-,9-,10+,11-/m1/s1. The van der Waals surface area contributed by atoms with Crippen molar-refractivity contribution in [2.45, 2.75) is 31.4 Å². The molecular formula is C11H20N2O. The maximum atomic E-state index is 9.54. The van der Waals surface area contributed by atoms with E-state index in [1.54, 1.807) is 0 Å². The van der Waals surface area contributed by atoms with Gasteiger partial charge in [0.25, 0.3) is 0 Å². The van der Waals surface area contributed by atoms with E-state index in [0.717, 1.165) is 37.4 Å². The lowest BCUT2D eigenvalue weighted by molar-refractivity contribution is 0.143. The van der Waals surface area contributed by atoms with Gasteiger partial charge in [0.05, 0.1) is 6.10 Å². The van der Waals surface area contributed by atoms with Crippen LogP contribution in [0.4, 0.5) is 0 Å². The number of fused-ring (bicyclic) bond motifs is 1. The van der Waals surface area contributed by atoms with Crippen LogP contribution in [0.15, 0.2) is 0 Å². The van der Waals surface area contributed by atoms with E-state index in [0.29, 0.717) is 0 Å². The number of hydrogen-bond donors (Lipinski definition) is 2. The molecule has 2 heterocycles. The van der Waals surface area contributed by atoms with Crippen LogP contribution < -0.4 is 5.32 Å². The topological polar surface area (TPSA) is 35.5 Å². The molecule has 2 N–H and O–H groups in total. The van der Waals surface area contributed by atoms with Crippen molar-refractivity contribution in [2.75, 3.05) is 26.2 Å². The molecule has 0 radical (unpaired) electrons. The Balaban J connectivity index is 1.67. The number of aliphatic hydroxyl groups excluding tert-OH is 1. The molecule has 14 heavy (non-hydrogen) atoms. The van der Waals surface area contributed by atoms with Crippen LogP contribution in [0.5, 0.6) is 0 Å². The molecule has 1 aliphatic carbocycles. The smallest absolute Gasteiger partial charge is 0.0679 e. The van der Waals surface area contributed by atoms with Crippen LogP contribution in [0.25, 0.3) is 0 Å². The third-order valence-electron chi connectivity index (χ3n) is 4.38. The summed E-state index contributed by atoms with van der Waals surface area (Å²) in [4.78, 5) is 2.53. The molecular weight excluding hydrogens is 176 g/mol. The van der Waals surface area contributed by atoms with Crippen molar-refractivity contribution in [2.24, 2.45) is 11.8 Å². The summed E-state index contributed by atoms with van der Waals surface area (Å²) in [7, 11) is 0. The molecule has 2 saturated heterocycles. The molecule has 0 aromatic rings. The van der Waals surface area contributed by atoms with Crippen molar-refractivity contribution in [1.82, 2.24) is 10.2 Å². The number of hydrogen-bond acceptors (Lipinski definition) is 3. The fourth-order valence-corrected chi connectivity index (χ4v) is 3.64. The highest BCUT2D eigenvalue weighted by atomic mass is 16.3. The quantitative estimate of drug-likeness (QED) is 0.622. The van der Waals surface area contributed by atoms with E-state index in [1.807, 2.05) is 0 Å². The Bertz CT molecular complexity index is 221. The fourth-order valence-electron chi connectivity index (χ4n) is 3.64. The van der Waals surface area contributed by atoms with E-state index >= 15 is 0 Å². The molecule has 0 spiro atoms. The summed E-state index contributed by atoms with van der Waals surface area (Å²) in [6.07, 6.45) is 3.70. The first-order valence-corrected chi connectivity index (χ1v) is 5.97. The monoisotopic (exact) mass is 196 g/mol. The molecule has 0 bridgehead atoms. The zero-order valence-corrected chi connectivity index (χ0v) is 8.65. The number of likely N-dealkylation sites (tertiary alicyclic amines) is 1. The van der Waals surface area contributed by atoms with Gasteiger partial charge in [-0.25, -0.2) is 0 Å². The highest BCUT2D eigenvalue weighted by Gasteiger charge is 2.43. The van der Waals surface area contributed by atoms with Crippen LogP contribution in [-0.2, 0) is 0 Å². The average molecular weight is 196 g/mol. The predicted octanol–water partition coefficient (Wildman–Crippen LogP) is 0.0510. The second-order valence-electron chi connectivity index (χ2n) is 5.16. The first-order chi connectivity index (χ1) is 6.84. The Morgan fingerprint density at radius 2 is 2.07 bits per heavy atom. The Morgan fingerprint density at radius 3 is 2.86 bits per heavy atom. The van der Waals surface area contributed by atoms with Gasteiger partial charge in [0.15, 0.2) is 0 Å². The summed E-state index contributed by atoms with van der Waals surface area (Å²) in [6, 6.07) is 0.771. The molecule has 4 atom stereocenters. The molecule has 1 saturated carbocycles.